The second-order valence-corrected chi connectivity index (χ2v) is 7.71. The predicted octanol–water partition coefficient (Wildman–Crippen LogP) is 3.59. The van der Waals surface area contributed by atoms with Crippen molar-refractivity contribution in [3.8, 4) is 0 Å². The van der Waals surface area contributed by atoms with E-state index in [2.05, 4.69) is 39.3 Å². The van der Waals surface area contributed by atoms with E-state index in [1.807, 2.05) is 49.4 Å². The summed E-state index contributed by atoms with van der Waals surface area (Å²) >= 11 is 0. The van der Waals surface area contributed by atoms with E-state index in [4.69, 9.17) is 4.74 Å². The molecule has 1 unspecified atom stereocenters. The SMILES string of the molecule is Cc1cccc(Nc2cccc(C3CN(C(=O)c4cc(C(C)C)[nH]n4)CCO3)n2)n1. The van der Waals surface area contributed by atoms with Crippen LogP contribution in [0.5, 0.6) is 0 Å². The monoisotopic (exact) mass is 406 g/mol. The molecule has 3 aromatic heterocycles. The molecule has 0 aliphatic carbocycles. The lowest BCUT2D eigenvalue weighted by molar-refractivity contribution is -0.0248. The number of ether oxygens (including phenoxy) is 1. The molecule has 1 atom stereocenters. The molecule has 156 valence electrons. The van der Waals surface area contributed by atoms with E-state index in [1.54, 1.807) is 4.90 Å². The van der Waals surface area contributed by atoms with E-state index in [1.165, 1.54) is 0 Å². The number of carbonyl (C=O) groups is 1. The topological polar surface area (TPSA) is 96.0 Å². The first kappa shape index (κ1) is 20.0. The van der Waals surface area contributed by atoms with E-state index < -0.39 is 0 Å². The van der Waals surface area contributed by atoms with Crippen molar-refractivity contribution >= 4 is 17.5 Å². The van der Waals surface area contributed by atoms with Crippen molar-refractivity contribution in [2.24, 2.45) is 0 Å². The van der Waals surface area contributed by atoms with Crippen molar-refractivity contribution in [1.29, 1.82) is 0 Å². The summed E-state index contributed by atoms with van der Waals surface area (Å²) in [6.07, 6.45) is -0.293. The van der Waals surface area contributed by atoms with Crippen LogP contribution < -0.4 is 5.32 Å². The second kappa shape index (κ2) is 8.62. The Morgan fingerprint density at radius 1 is 1.20 bits per heavy atom. The van der Waals surface area contributed by atoms with Gasteiger partial charge in [0.15, 0.2) is 0 Å². The summed E-state index contributed by atoms with van der Waals surface area (Å²) in [5, 5.41) is 10.4. The molecular weight excluding hydrogens is 380 g/mol. The summed E-state index contributed by atoms with van der Waals surface area (Å²) in [7, 11) is 0. The summed E-state index contributed by atoms with van der Waals surface area (Å²) in [6.45, 7) is 7.49. The number of anilines is 2. The van der Waals surface area contributed by atoms with Crippen LogP contribution in [-0.4, -0.2) is 50.7 Å². The molecule has 1 aliphatic heterocycles. The van der Waals surface area contributed by atoms with Crippen LogP contribution in [0, 0.1) is 6.92 Å². The van der Waals surface area contributed by atoms with Gasteiger partial charge < -0.3 is 15.0 Å². The van der Waals surface area contributed by atoms with Gasteiger partial charge in [0.2, 0.25) is 0 Å². The molecule has 0 bridgehead atoms. The highest BCUT2D eigenvalue weighted by molar-refractivity contribution is 5.92. The Bertz CT molecular complexity index is 1030. The fourth-order valence-electron chi connectivity index (χ4n) is 3.36. The number of amides is 1. The van der Waals surface area contributed by atoms with Crippen LogP contribution in [0.4, 0.5) is 11.6 Å². The van der Waals surface area contributed by atoms with E-state index in [0.29, 0.717) is 37.1 Å². The van der Waals surface area contributed by atoms with Gasteiger partial charge in [-0.2, -0.15) is 5.10 Å². The average Bonchev–Trinajstić information content (AvgIpc) is 3.24. The summed E-state index contributed by atoms with van der Waals surface area (Å²) in [6, 6.07) is 13.3. The number of aryl methyl sites for hydroxylation is 1. The quantitative estimate of drug-likeness (QED) is 0.672. The molecule has 8 heteroatoms. The number of hydrogen-bond donors (Lipinski definition) is 2. The molecule has 1 amide bonds. The molecule has 0 spiro atoms. The van der Waals surface area contributed by atoms with Gasteiger partial charge >= 0.3 is 0 Å². The lowest BCUT2D eigenvalue weighted by Gasteiger charge is -2.32. The second-order valence-electron chi connectivity index (χ2n) is 7.71. The average molecular weight is 406 g/mol. The van der Waals surface area contributed by atoms with Gasteiger partial charge in [-0.25, -0.2) is 9.97 Å². The number of nitrogens with zero attached hydrogens (tertiary/aromatic N) is 4. The minimum absolute atomic E-state index is 0.0929. The molecule has 0 aromatic carbocycles. The highest BCUT2D eigenvalue weighted by atomic mass is 16.5. The van der Waals surface area contributed by atoms with Crippen LogP contribution in [0.3, 0.4) is 0 Å². The fourth-order valence-corrected chi connectivity index (χ4v) is 3.36. The Labute approximate surface area is 175 Å². The predicted molar refractivity (Wildman–Crippen MR) is 114 cm³/mol. The largest absolute Gasteiger partial charge is 0.368 e. The summed E-state index contributed by atoms with van der Waals surface area (Å²) in [5.74, 6) is 1.62. The molecule has 0 radical (unpaired) electrons. The third-order valence-corrected chi connectivity index (χ3v) is 5.04. The first-order valence-electron chi connectivity index (χ1n) is 10.1. The highest BCUT2D eigenvalue weighted by Gasteiger charge is 2.28. The third-order valence-electron chi connectivity index (χ3n) is 5.04. The lowest BCUT2D eigenvalue weighted by Crippen LogP contribution is -2.42. The molecule has 3 aromatic rings. The third kappa shape index (κ3) is 4.49. The number of aromatic amines is 1. The van der Waals surface area contributed by atoms with Gasteiger partial charge in [0.1, 0.15) is 23.4 Å². The zero-order chi connectivity index (χ0) is 21.1. The van der Waals surface area contributed by atoms with Crippen molar-refractivity contribution in [2.75, 3.05) is 25.0 Å². The number of pyridine rings is 2. The van der Waals surface area contributed by atoms with Crippen molar-refractivity contribution < 1.29 is 9.53 Å². The Morgan fingerprint density at radius 3 is 2.70 bits per heavy atom. The summed E-state index contributed by atoms with van der Waals surface area (Å²) < 4.78 is 5.92. The molecular formula is C22H26N6O2. The zero-order valence-corrected chi connectivity index (χ0v) is 17.4. The molecule has 2 N–H and O–H groups in total. The van der Waals surface area contributed by atoms with Crippen LogP contribution >= 0.6 is 0 Å². The van der Waals surface area contributed by atoms with Gasteiger partial charge in [0.05, 0.1) is 18.8 Å². The summed E-state index contributed by atoms with van der Waals surface area (Å²) in [4.78, 5) is 23.8. The van der Waals surface area contributed by atoms with E-state index in [9.17, 15) is 4.79 Å². The number of morpholine rings is 1. The maximum atomic E-state index is 12.9. The highest BCUT2D eigenvalue weighted by Crippen LogP contribution is 2.24. The Hall–Kier alpha value is -3.26. The van der Waals surface area contributed by atoms with E-state index in [0.717, 1.165) is 22.9 Å². The normalized spacial score (nSPS) is 16.7. The summed E-state index contributed by atoms with van der Waals surface area (Å²) in [5.41, 5.74) is 3.09. The maximum absolute atomic E-state index is 12.9. The first-order valence-corrected chi connectivity index (χ1v) is 10.1. The van der Waals surface area contributed by atoms with Gasteiger partial charge in [0, 0.05) is 17.9 Å². The molecule has 1 fully saturated rings. The standard InChI is InChI=1S/C22H26N6O2/c1-14(2)17-12-18(27-26-17)22(29)28-10-11-30-19(13-28)16-7-5-9-21(24-16)25-20-8-4-6-15(3)23-20/h4-9,12,14,19H,10-11,13H2,1-3H3,(H,26,27)(H,23,24,25). The molecule has 4 heterocycles. The van der Waals surface area contributed by atoms with E-state index in [-0.39, 0.29) is 12.0 Å². The number of aromatic nitrogens is 4. The number of hydrogen-bond acceptors (Lipinski definition) is 6. The van der Waals surface area contributed by atoms with Crippen LogP contribution in [0.25, 0.3) is 0 Å². The van der Waals surface area contributed by atoms with Crippen LogP contribution in [0.15, 0.2) is 42.5 Å². The van der Waals surface area contributed by atoms with Crippen molar-refractivity contribution in [1.82, 2.24) is 25.1 Å². The van der Waals surface area contributed by atoms with Gasteiger partial charge in [-0.1, -0.05) is 26.0 Å². The Morgan fingerprint density at radius 2 is 1.97 bits per heavy atom. The zero-order valence-electron chi connectivity index (χ0n) is 17.4. The van der Waals surface area contributed by atoms with Crippen LogP contribution in [0.2, 0.25) is 0 Å². The molecule has 30 heavy (non-hydrogen) atoms. The first-order chi connectivity index (χ1) is 14.5. The van der Waals surface area contributed by atoms with Crippen molar-refractivity contribution in [3.05, 3.63) is 65.2 Å². The van der Waals surface area contributed by atoms with Crippen LogP contribution in [0.1, 0.15) is 53.4 Å². The molecule has 8 nitrogen and oxygen atoms in total. The lowest BCUT2D eigenvalue weighted by atomic mass is 10.1. The number of H-pyrrole nitrogens is 1. The van der Waals surface area contributed by atoms with Gasteiger partial charge in [-0.3, -0.25) is 9.89 Å². The van der Waals surface area contributed by atoms with Gasteiger partial charge in [-0.05, 0) is 43.2 Å². The molecule has 1 aliphatic rings. The molecule has 0 saturated carbocycles. The van der Waals surface area contributed by atoms with Crippen molar-refractivity contribution in [2.45, 2.75) is 32.8 Å². The minimum Gasteiger partial charge on any atom is -0.368 e. The van der Waals surface area contributed by atoms with Crippen molar-refractivity contribution in [3.63, 3.8) is 0 Å². The molecule has 1 saturated heterocycles. The number of nitrogens with one attached hydrogen (secondary N) is 2. The van der Waals surface area contributed by atoms with Gasteiger partial charge in [-0.15, -0.1) is 0 Å². The van der Waals surface area contributed by atoms with Crippen LogP contribution in [-0.2, 0) is 4.74 Å². The van der Waals surface area contributed by atoms with Gasteiger partial charge in [0.25, 0.3) is 5.91 Å². The Balaban J connectivity index is 1.47. The number of carbonyl (C=O) groups excluding carboxylic acids is 1. The number of rotatable bonds is 5. The Kier molecular flexibility index (Phi) is 5.76. The molecule has 4 rings (SSSR count). The smallest absolute Gasteiger partial charge is 0.274 e. The van der Waals surface area contributed by atoms with E-state index >= 15 is 0 Å². The maximum Gasteiger partial charge on any atom is 0.274 e. The minimum atomic E-state index is -0.293. The fraction of sp³-hybridized carbons (Fsp3) is 0.364.